The molecule has 4 nitrogen and oxygen atoms in total. The number of aliphatic hydroxyl groups is 1. The minimum absolute atomic E-state index is 0.132. The number of rotatable bonds is 10. The molecule has 0 bridgehead atoms. The molecule has 1 aromatic heterocycles. The molecule has 2 aliphatic carbocycles. The number of carbonyl (C=O) groups is 2. The molecule has 2 N–H and O–H groups in total. The third-order valence-electron chi connectivity index (χ3n) is 6.89. The highest BCUT2D eigenvalue weighted by molar-refractivity contribution is 7.13. The summed E-state index contributed by atoms with van der Waals surface area (Å²) in [5.41, 5.74) is 1.11. The van der Waals surface area contributed by atoms with Gasteiger partial charge in [-0.3, -0.25) is 4.79 Å². The van der Waals surface area contributed by atoms with Gasteiger partial charge < -0.3 is 10.2 Å². The summed E-state index contributed by atoms with van der Waals surface area (Å²) in [5, 5.41) is 19.6. The van der Waals surface area contributed by atoms with Gasteiger partial charge in [0.2, 0.25) is 0 Å². The van der Waals surface area contributed by atoms with E-state index in [1.165, 1.54) is 17.8 Å². The van der Waals surface area contributed by atoms with E-state index in [2.05, 4.69) is 13.0 Å². The molecule has 2 fully saturated rings. The van der Waals surface area contributed by atoms with Crippen LogP contribution in [-0.2, 0) is 11.2 Å². The monoisotopic (exact) mass is 404 g/mol. The Morgan fingerprint density at radius 3 is 2.79 bits per heavy atom. The van der Waals surface area contributed by atoms with Crippen LogP contribution < -0.4 is 0 Å². The van der Waals surface area contributed by atoms with Crippen LogP contribution in [0.25, 0.3) is 0 Å². The summed E-state index contributed by atoms with van der Waals surface area (Å²) in [6.45, 7) is 2.17. The van der Waals surface area contributed by atoms with Crippen LogP contribution in [0, 0.1) is 11.3 Å². The van der Waals surface area contributed by atoms with Crippen LogP contribution in [0.1, 0.15) is 85.7 Å². The first kappa shape index (κ1) is 21.3. The Hall–Kier alpha value is -1.46. The molecule has 5 heteroatoms. The van der Waals surface area contributed by atoms with Crippen LogP contribution in [-0.4, -0.2) is 28.1 Å². The van der Waals surface area contributed by atoms with Crippen LogP contribution in [0.2, 0.25) is 0 Å². The zero-order valence-electron chi connectivity index (χ0n) is 16.8. The number of hydrogen-bond acceptors (Lipinski definition) is 4. The van der Waals surface area contributed by atoms with Gasteiger partial charge in [-0.25, -0.2) is 4.79 Å². The lowest BCUT2D eigenvalue weighted by molar-refractivity contribution is -0.114. The molecule has 154 valence electrons. The molecule has 0 saturated heterocycles. The first-order valence-electron chi connectivity index (χ1n) is 10.7. The zero-order valence-corrected chi connectivity index (χ0v) is 17.6. The Labute approximate surface area is 171 Å². The quantitative estimate of drug-likeness (QED) is 0.512. The molecule has 1 heterocycles. The largest absolute Gasteiger partial charge is 0.477 e. The number of aromatic carboxylic acids is 1. The van der Waals surface area contributed by atoms with E-state index in [4.69, 9.17) is 5.11 Å². The third-order valence-corrected chi connectivity index (χ3v) is 8.03. The standard InChI is InChI=1S/C23H32O4S/c1-2-23(14-5-15-23)21(25)9-4-8-18-16(10-12-19(18)24)6-3-7-17-11-13-20(28-17)22(26)27/h8,11,13,16,21,25H,2-7,9-10,12,14-15H2,1H3,(H,26,27)/t16-,21?/m0/s1. The van der Waals surface area contributed by atoms with Crippen LogP contribution in [0.4, 0.5) is 0 Å². The van der Waals surface area contributed by atoms with Gasteiger partial charge in [-0.05, 0) is 86.8 Å². The lowest BCUT2D eigenvalue weighted by Crippen LogP contribution is -2.40. The van der Waals surface area contributed by atoms with Crippen LogP contribution in [0.3, 0.4) is 0 Å². The summed E-state index contributed by atoms with van der Waals surface area (Å²) >= 11 is 1.34. The molecule has 2 saturated carbocycles. The highest BCUT2D eigenvalue weighted by Crippen LogP contribution is 2.48. The number of carboxylic acids is 1. The second-order valence-electron chi connectivity index (χ2n) is 8.44. The molecular formula is C23H32O4S. The van der Waals surface area contributed by atoms with Crippen molar-refractivity contribution in [2.75, 3.05) is 0 Å². The van der Waals surface area contributed by atoms with E-state index in [-0.39, 0.29) is 17.3 Å². The fourth-order valence-electron chi connectivity index (χ4n) is 4.82. The maximum absolute atomic E-state index is 12.3. The van der Waals surface area contributed by atoms with E-state index in [0.717, 1.165) is 68.2 Å². The summed E-state index contributed by atoms with van der Waals surface area (Å²) < 4.78 is 0. The van der Waals surface area contributed by atoms with Crippen molar-refractivity contribution in [2.24, 2.45) is 11.3 Å². The van der Waals surface area contributed by atoms with E-state index in [1.54, 1.807) is 6.07 Å². The predicted octanol–water partition coefficient (Wildman–Crippen LogP) is 5.40. The number of thiophene rings is 1. The van der Waals surface area contributed by atoms with Gasteiger partial charge >= 0.3 is 5.97 Å². The molecule has 2 atom stereocenters. The molecule has 3 rings (SSSR count). The summed E-state index contributed by atoms with van der Waals surface area (Å²) in [6.07, 6.45) is 12.3. The molecule has 28 heavy (non-hydrogen) atoms. The Kier molecular flexibility index (Phi) is 7.10. The maximum Gasteiger partial charge on any atom is 0.345 e. The molecule has 1 unspecified atom stereocenters. The van der Waals surface area contributed by atoms with Gasteiger partial charge in [0.1, 0.15) is 4.88 Å². The minimum Gasteiger partial charge on any atom is -0.477 e. The highest BCUT2D eigenvalue weighted by atomic mass is 32.1. The summed E-state index contributed by atoms with van der Waals surface area (Å²) in [4.78, 5) is 24.8. The van der Waals surface area contributed by atoms with Crippen molar-refractivity contribution in [3.05, 3.63) is 33.5 Å². The molecule has 0 spiro atoms. The van der Waals surface area contributed by atoms with Crippen molar-refractivity contribution in [3.8, 4) is 0 Å². The number of Topliss-reactive ketones (excluding diaryl/α,β-unsaturated/α-hetero) is 1. The van der Waals surface area contributed by atoms with Gasteiger partial charge in [-0.1, -0.05) is 19.4 Å². The number of aliphatic hydroxyl groups excluding tert-OH is 1. The van der Waals surface area contributed by atoms with Gasteiger partial charge in [0, 0.05) is 11.3 Å². The van der Waals surface area contributed by atoms with Crippen LogP contribution in [0.15, 0.2) is 23.8 Å². The Morgan fingerprint density at radius 1 is 1.39 bits per heavy atom. The summed E-state index contributed by atoms with van der Waals surface area (Å²) in [5.74, 6) is -0.262. The highest BCUT2D eigenvalue weighted by Gasteiger charge is 2.41. The summed E-state index contributed by atoms with van der Waals surface area (Å²) in [6, 6.07) is 3.57. The van der Waals surface area contributed by atoms with Crippen LogP contribution in [0.5, 0.6) is 0 Å². The third kappa shape index (κ3) is 4.74. The SMILES string of the molecule is CCC1(C(O)CCC=C2C(=O)CC[C@@H]2CCCc2ccc(C(=O)O)s2)CCC1. The first-order chi connectivity index (χ1) is 13.4. The van der Waals surface area contributed by atoms with Gasteiger partial charge in [0.05, 0.1) is 6.10 Å². The van der Waals surface area contributed by atoms with E-state index in [9.17, 15) is 14.7 Å². The molecular weight excluding hydrogens is 372 g/mol. The van der Waals surface area contributed by atoms with E-state index < -0.39 is 5.97 Å². The normalized spacial score (nSPS) is 23.7. The Morgan fingerprint density at radius 2 is 2.18 bits per heavy atom. The maximum atomic E-state index is 12.3. The molecule has 0 aromatic carbocycles. The van der Waals surface area contributed by atoms with Crippen molar-refractivity contribution in [3.63, 3.8) is 0 Å². The van der Waals surface area contributed by atoms with Gasteiger partial charge in [0.15, 0.2) is 5.78 Å². The smallest absolute Gasteiger partial charge is 0.345 e. The first-order valence-corrected chi connectivity index (χ1v) is 11.5. The number of allylic oxidation sites excluding steroid dienone is 2. The Bertz CT molecular complexity index is 723. The van der Waals surface area contributed by atoms with E-state index >= 15 is 0 Å². The second-order valence-corrected chi connectivity index (χ2v) is 9.61. The average Bonchev–Trinajstić information content (AvgIpc) is 3.23. The summed E-state index contributed by atoms with van der Waals surface area (Å²) in [7, 11) is 0. The molecule has 0 radical (unpaired) electrons. The molecule has 2 aliphatic rings. The van der Waals surface area contributed by atoms with E-state index in [1.807, 2.05) is 6.07 Å². The number of carbonyl (C=O) groups excluding carboxylic acids is 1. The fourth-order valence-corrected chi connectivity index (χ4v) is 5.71. The number of aryl methyl sites for hydroxylation is 1. The molecule has 0 amide bonds. The predicted molar refractivity (Wildman–Crippen MR) is 112 cm³/mol. The topological polar surface area (TPSA) is 74.6 Å². The van der Waals surface area contributed by atoms with Crippen molar-refractivity contribution < 1.29 is 19.8 Å². The second kappa shape index (κ2) is 9.36. The Balaban J connectivity index is 1.48. The molecule has 1 aromatic rings. The number of ketones is 1. The lowest BCUT2D eigenvalue weighted by atomic mass is 9.62. The average molecular weight is 405 g/mol. The lowest BCUT2D eigenvalue weighted by Gasteiger charge is -2.45. The molecule has 0 aliphatic heterocycles. The van der Waals surface area contributed by atoms with Gasteiger partial charge in [-0.15, -0.1) is 11.3 Å². The van der Waals surface area contributed by atoms with Gasteiger partial charge in [-0.2, -0.15) is 0 Å². The zero-order chi connectivity index (χ0) is 20.1. The van der Waals surface area contributed by atoms with E-state index in [0.29, 0.717) is 17.2 Å². The number of hydrogen-bond donors (Lipinski definition) is 2. The van der Waals surface area contributed by atoms with Crippen molar-refractivity contribution >= 4 is 23.1 Å². The fraction of sp³-hybridized carbons (Fsp3) is 0.652. The minimum atomic E-state index is -0.864. The van der Waals surface area contributed by atoms with Crippen molar-refractivity contribution in [2.45, 2.75) is 83.7 Å². The van der Waals surface area contributed by atoms with Crippen molar-refractivity contribution in [1.82, 2.24) is 0 Å². The van der Waals surface area contributed by atoms with Crippen molar-refractivity contribution in [1.29, 1.82) is 0 Å². The number of carboxylic acid groups (broad SMARTS) is 1. The van der Waals surface area contributed by atoms with Gasteiger partial charge in [0.25, 0.3) is 0 Å². The van der Waals surface area contributed by atoms with Crippen LogP contribution >= 0.6 is 11.3 Å².